The van der Waals surface area contributed by atoms with Crippen LogP contribution in [-0.2, 0) is 14.4 Å². The normalized spacial score (nSPS) is 23.9. The molecular weight excluding hydrogens is 352 g/mol. The van der Waals surface area contributed by atoms with E-state index in [0.29, 0.717) is 5.69 Å². The maximum atomic E-state index is 13.6. The van der Waals surface area contributed by atoms with Crippen molar-refractivity contribution in [2.75, 3.05) is 4.90 Å². The summed E-state index contributed by atoms with van der Waals surface area (Å²) in [6.07, 6.45) is 0.0310. The molecule has 5 nitrogen and oxygen atoms in total. The molecule has 0 bridgehead atoms. The lowest BCUT2D eigenvalue weighted by atomic mass is 9.98. The highest BCUT2D eigenvalue weighted by Crippen LogP contribution is 2.69. The third kappa shape index (κ3) is 2.96. The molecule has 2 fully saturated rings. The van der Waals surface area contributed by atoms with Crippen LogP contribution in [0.25, 0.3) is 0 Å². The number of aryl methyl sites for hydroxylation is 1. The lowest BCUT2D eigenvalue weighted by Crippen LogP contribution is -2.55. The predicted molar refractivity (Wildman–Crippen MR) is 110 cm³/mol. The largest absolute Gasteiger partial charge is 0.325 e. The smallest absolute Gasteiger partial charge is 0.257 e. The van der Waals surface area contributed by atoms with Crippen LogP contribution in [0.15, 0.2) is 24.3 Å². The summed E-state index contributed by atoms with van der Waals surface area (Å²) in [6, 6.07) is 6.57. The standard InChI is InChI=1S/C23H32N2O3/c1-14-9-11-15(12-10-14)24-17(26)13-16(19(24)27)25(21(2,3)4)20(28)18-22(5,6)23(18,7)8/h9-12,16,18H,13H2,1-8H3. The molecular formula is C23H32N2O3. The second kappa shape index (κ2) is 6.16. The minimum atomic E-state index is -0.756. The molecule has 3 amide bonds. The molecule has 0 aromatic heterocycles. The van der Waals surface area contributed by atoms with Gasteiger partial charge in [0.25, 0.3) is 5.91 Å². The highest BCUT2D eigenvalue weighted by atomic mass is 16.2. The highest BCUT2D eigenvalue weighted by molar-refractivity contribution is 6.23. The summed E-state index contributed by atoms with van der Waals surface area (Å²) < 4.78 is 0. The fourth-order valence-electron chi connectivity index (χ4n) is 4.69. The van der Waals surface area contributed by atoms with E-state index < -0.39 is 11.6 Å². The lowest BCUT2D eigenvalue weighted by molar-refractivity contribution is -0.146. The first-order chi connectivity index (χ1) is 12.7. The maximum Gasteiger partial charge on any atom is 0.257 e. The minimum absolute atomic E-state index is 0.0283. The van der Waals surface area contributed by atoms with Crippen molar-refractivity contribution in [3.8, 4) is 0 Å². The van der Waals surface area contributed by atoms with Crippen molar-refractivity contribution in [3.63, 3.8) is 0 Å². The second-order valence-electron chi connectivity index (χ2n) is 10.4. The van der Waals surface area contributed by atoms with Crippen molar-refractivity contribution in [3.05, 3.63) is 29.8 Å². The van der Waals surface area contributed by atoms with Crippen LogP contribution in [0, 0.1) is 23.7 Å². The summed E-state index contributed by atoms with van der Waals surface area (Å²) in [4.78, 5) is 42.5. The molecule has 0 spiro atoms. The summed E-state index contributed by atoms with van der Waals surface area (Å²) in [5.41, 5.74) is 0.808. The molecule has 1 heterocycles. The van der Waals surface area contributed by atoms with Crippen LogP contribution >= 0.6 is 0 Å². The number of hydrogen-bond acceptors (Lipinski definition) is 3. The number of imide groups is 1. The van der Waals surface area contributed by atoms with E-state index in [4.69, 9.17) is 0 Å². The van der Waals surface area contributed by atoms with E-state index in [1.807, 2.05) is 39.8 Å². The molecule has 152 valence electrons. The van der Waals surface area contributed by atoms with Crippen molar-refractivity contribution in [1.82, 2.24) is 4.90 Å². The van der Waals surface area contributed by atoms with E-state index in [2.05, 4.69) is 27.7 Å². The van der Waals surface area contributed by atoms with Crippen LogP contribution in [-0.4, -0.2) is 34.2 Å². The number of nitrogens with zero attached hydrogens (tertiary/aromatic N) is 2. The highest BCUT2D eigenvalue weighted by Gasteiger charge is 2.70. The number of benzene rings is 1. The van der Waals surface area contributed by atoms with Gasteiger partial charge in [0.1, 0.15) is 6.04 Å². The molecule has 5 heteroatoms. The molecule has 1 aliphatic heterocycles. The summed E-state index contributed by atoms with van der Waals surface area (Å²) in [5, 5.41) is 0. The molecule has 1 atom stereocenters. The number of carbonyl (C=O) groups is 3. The molecule has 1 unspecified atom stereocenters. The predicted octanol–water partition coefficient (Wildman–Crippen LogP) is 3.94. The monoisotopic (exact) mass is 384 g/mol. The molecule has 1 aromatic rings. The number of carbonyl (C=O) groups excluding carboxylic acids is 3. The number of anilines is 1. The quantitative estimate of drug-likeness (QED) is 0.742. The molecule has 1 aromatic carbocycles. The van der Waals surface area contributed by atoms with Gasteiger partial charge in [0.05, 0.1) is 12.1 Å². The van der Waals surface area contributed by atoms with Gasteiger partial charge in [-0.15, -0.1) is 0 Å². The minimum Gasteiger partial charge on any atom is -0.325 e. The zero-order valence-electron chi connectivity index (χ0n) is 18.3. The van der Waals surface area contributed by atoms with Gasteiger partial charge in [0.15, 0.2) is 0 Å². The van der Waals surface area contributed by atoms with Crippen LogP contribution in [0.4, 0.5) is 5.69 Å². The average Bonchev–Trinajstić information content (AvgIpc) is 2.78. The topological polar surface area (TPSA) is 57.7 Å². The molecule has 0 N–H and O–H groups in total. The van der Waals surface area contributed by atoms with Gasteiger partial charge in [-0.2, -0.15) is 0 Å². The third-order valence-electron chi connectivity index (χ3n) is 6.95. The van der Waals surface area contributed by atoms with E-state index in [9.17, 15) is 14.4 Å². The van der Waals surface area contributed by atoms with Gasteiger partial charge in [-0.25, -0.2) is 4.90 Å². The fraction of sp³-hybridized carbons (Fsp3) is 0.609. The van der Waals surface area contributed by atoms with Crippen molar-refractivity contribution < 1.29 is 14.4 Å². The Morgan fingerprint density at radius 3 is 1.96 bits per heavy atom. The number of amides is 3. The third-order valence-corrected chi connectivity index (χ3v) is 6.95. The van der Waals surface area contributed by atoms with E-state index in [0.717, 1.165) is 5.56 Å². The van der Waals surface area contributed by atoms with Crippen molar-refractivity contribution in [2.45, 2.75) is 73.4 Å². The van der Waals surface area contributed by atoms with Gasteiger partial charge in [-0.05, 0) is 50.7 Å². The first-order valence-electron chi connectivity index (χ1n) is 9.98. The number of rotatable bonds is 3. The SMILES string of the molecule is Cc1ccc(N2C(=O)CC(N(C(=O)C3C(C)(C)C3(C)C)C(C)(C)C)C2=O)cc1. The van der Waals surface area contributed by atoms with Gasteiger partial charge in [0, 0.05) is 11.5 Å². The first kappa shape index (κ1) is 20.6. The maximum absolute atomic E-state index is 13.6. The average molecular weight is 385 g/mol. The number of hydrogen-bond donors (Lipinski definition) is 0. The van der Waals surface area contributed by atoms with Crippen molar-refractivity contribution in [2.24, 2.45) is 16.7 Å². The summed E-state index contributed by atoms with van der Waals surface area (Å²) in [7, 11) is 0. The van der Waals surface area contributed by atoms with Crippen molar-refractivity contribution in [1.29, 1.82) is 0 Å². The summed E-state index contributed by atoms with van der Waals surface area (Å²) in [5.74, 6) is -0.751. The van der Waals surface area contributed by atoms with Crippen LogP contribution in [0.5, 0.6) is 0 Å². The van der Waals surface area contributed by atoms with E-state index in [1.54, 1.807) is 17.0 Å². The molecule has 1 aliphatic carbocycles. The van der Waals surface area contributed by atoms with E-state index >= 15 is 0 Å². The van der Waals surface area contributed by atoms with E-state index in [-0.39, 0.29) is 40.9 Å². The Balaban J connectivity index is 1.94. The zero-order valence-corrected chi connectivity index (χ0v) is 18.3. The Morgan fingerprint density at radius 2 is 1.54 bits per heavy atom. The van der Waals surface area contributed by atoms with Crippen LogP contribution in [0.1, 0.15) is 60.5 Å². The molecule has 2 aliphatic rings. The van der Waals surface area contributed by atoms with Gasteiger partial charge in [-0.1, -0.05) is 45.4 Å². The summed E-state index contributed by atoms with van der Waals surface area (Å²) >= 11 is 0. The zero-order chi connectivity index (χ0) is 21.2. The Bertz CT molecular complexity index is 816. The van der Waals surface area contributed by atoms with Gasteiger partial charge in [0.2, 0.25) is 11.8 Å². The van der Waals surface area contributed by atoms with Crippen LogP contribution in [0.3, 0.4) is 0 Å². The molecule has 1 saturated heterocycles. The Morgan fingerprint density at radius 1 is 1.04 bits per heavy atom. The Kier molecular flexibility index (Phi) is 4.53. The van der Waals surface area contributed by atoms with Crippen LogP contribution < -0.4 is 4.90 Å². The molecule has 0 radical (unpaired) electrons. The second-order valence-corrected chi connectivity index (χ2v) is 10.4. The molecule has 3 rings (SSSR count). The van der Waals surface area contributed by atoms with Crippen LogP contribution in [0.2, 0.25) is 0 Å². The molecule has 1 saturated carbocycles. The van der Waals surface area contributed by atoms with Gasteiger partial charge < -0.3 is 4.90 Å². The summed E-state index contributed by atoms with van der Waals surface area (Å²) in [6.45, 7) is 16.1. The Hall–Kier alpha value is -2.17. The lowest BCUT2D eigenvalue weighted by Gasteiger charge is -2.39. The Labute approximate surface area is 168 Å². The van der Waals surface area contributed by atoms with Crippen molar-refractivity contribution >= 4 is 23.4 Å². The van der Waals surface area contributed by atoms with Gasteiger partial charge in [-0.3, -0.25) is 14.4 Å². The van der Waals surface area contributed by atoms with E-state index in [1.165, 1.54) is 4.90 Å². The first-order valence-corrected chi connectivity index (χ1v) is 9.98. The van der Waals surface area contributed by atoms with Gasteiger partial charge >= 0.3 is 0 Å². The molecule has 28 heavy (non-hydrogen) atoms. The fourth-order valence-corrected chi connectivity index (χ4v) is 4.69.